The molecule has 4 heteroatoms. The van der Waals surface area contributed by atoms with Crippen molar-refractivity contribution in [2.75, 3.05) is 6.61 Å². The van der Waals surface area contributed by atoms with Crippen LogP contribution < -0.4 is 10.5 Å². The summed E-state index contributed by atoms with van der Waals surface area (Å²) in [5, 5.41) is 0. The van der Waals surface area contributed by atoms with Crippen LogP contribution in [0.15, 0.2) is 16.7 Å². The third-order valence-electron chi connectivity index (χ3n) is 1.64. The summed E-state index contributed by atoms with van der Waals surface area (Å²) in [6.45, 7) is 0.540. The van der Waals surface area contributed by atoms with E-state index in [9.17, 15) is 0 Å². The number of halogens is 1. The number of aromatic nitrogens is 1. The molecular weight excluding hydrogens is 208 g/mol. The summed E-state index contributed by atoms with van der Waals surface area (Å²) in [7, 11) is 0. The van der Waals surface area contributed by atoms with Crippen LogP contribution >= 0.6 is 15.9 Å². The summed E-state index contributed by atoms with van der Waals surface area (Å²) >= 11 is 3.32. The molecule has 3 nitrogen and oxygen atoms in total. The van der Waals surface area contributed by atoms with Gasteiger partial charge in [-0.3, -0.25) is 0 Å². The minimum absolute atomic E-state index is 0.0185. The zero-order valence-corrected chi connectivity index (χ0v) is 7.34. The Morgan fingerprint density at radius 3 is 3.36 bits per heavy atom. The molecule has 0 amide bonds. The number of fused-ring (bicyclic) bond motifs is 1. The van der Waals surface area contributed by atoms with Crippen LogP contribution in [0.25, 0.3) is 0 Å². The first-order chi connectivity index (χ1) is 5.27. The largest absolute Gasteiger partial charge is 0.475 e. The minimum Gasteiger partial charge on any atom is -0.475 e. The van der Waals surface area contributed by atoms with E-state index in [1.165, 1.54) is 0 Å². The van der Waals surface area contributed by atoms with Crippen LogP contribution in [0.2, 0.25) is 0 Å². The normalized spacial score (nSPS) is 21.1. The first-order valence-electron chi connectivity index (χ1n) is 3.31. The number of nitrogens with two attached hydrogens (primary N) is 1. The van der Waals surface area contributed by atoms with Crippen molar-refractivity contribution in [2.45, 2.75) is 6.04 Å². The first-order valence-corrected chi connectivity index (χ1v) is 4.10. The van der Waals surface area contributed by atoms with E-state index in [0.29, 0.717) is 12.5 Å². The average molecular weight is 215 g/mol. The molecule has 0 saturated heterocycles. The van der Waals surface area contributed by atoms with Crippen LogP contribution in [0, 0.1) is 0 Å². The second-order valence-electron chi connectivity index (χ2n) is 2.47. The van der Waals surface area contributed by atoms with Gasteiger partial charge >= 0.3 is 0 Å². The van der Waals surface area contributed by atoms with Gasteiger partial charge in [-0.25, -0.2) is 4.98 Å². The van der Waals surface area contributed by atoms with Crippen molar-refractivity contribution >= 4 is 15.9 Å². The van der Waals surface area contributed by atoms with E-state index in [4.69, 9.17) is 10.5 Å². The minimum atomic E-state index is -0.0185. The predicted octanol–water partition coefficient (Wildman–Crippen LogP) is 1.24. The van der Waals surface area contributed by atoms with Crippen LogP contribution in [0.4, 0.5) is 0 Å². The second kappa shape index (κ2) is 2.46. The summed E-state index contributed by atoms with van der Waals surface area (Å²) < 4.78 is 6.15. The lowest BCUT2D eigenvalue weighted by atomic mass is 10.2. The van der Waals surface area contributed by atoms with Crippen molar-refractivity contribution in [3.63, 3.8) is 0 Å². The highest BCUT2D eigenvalue weighted by Gasteiger charge is 2.21. The maximum absolute atomic E-state index is 5.73. The van der Waals surface area contributed by atoms with Gasteiger partial charge in [0.1, 0.15) is 6.61 Å². The molecule has 1 aromatic heterocycles. The molecule has 0 aromatic carbocycles. The van der Waals surface area contributed by atoms with Crippen LogP contribution in [-0.4, -0.2) is 11.6 Å². The zero-order chi connectivity index (χ0) is 7.84. The van der Waals surface area contributed by atoms with Gasteiger partial charge in [0.15, 0.2) is 0 Å². The summed E-state index contributed by atoms with van der Waals surface area (Å²) in [4.78, 5) is 4.06. The van der Waals surface area contributed by atoms with Gasteiger partial charge in [0.2, 0.25) is 5.88 Å². The number of ether oxygens (including phenoxy) is 1. The number of hydrogen-bond acceptors (Lipinski definition) is 3. The maximum Gasteiger partial charge on any atom is 0.218 e. The van der Waals surface area contributed by atoms with Gasteiger partial charge < -0.3 is 10.5 Å². The van der Waals surface area contributed by atoms with Crippen molar-refractivity contribution in [1.82, 2.24) is 4.98 Å². The van der Waals surface area contributed by atoms with Gasteiger partial charge in [0.25, 0.3) is 0 Å². The Bertz CT molecular complexity index is 290. The van der Waals surface area contributed by atoms with Gasteiger partial charge in [-0.15, -0.1) is 0 Å². The fourth-order valence-electron chi connectivity index (χ4n) is 1.09. The van der Waals surface area contributed by atoms with E-state index >= 15 is 0 Å². The molecule has 2 rings (SSSR count). The smallest absolute Gasteiger partial charge is 0.218 e. The molecule has 2 N–H and O–H groups in total. The van der Waals surface area contributed by atoms with Crippen molar-refractivity contribution in [3.8, 4) is 5.88 Å². The Kier molecular flexibility index (Phi) is 1.58. The predicted molar refractivity (Wildman–Crippen MR) is 44.4 cm³/mol. The van der Waals surface area contributed by atoms with Crippen LogP contribution in [-0.2, 0) is 0 Å². The van der Waals surface area contributed by atoms with Crippen molar-refractivity contribution in [2.24, 2.45) is 5.73 Å². The van der Waals surface area contributed by atoms with Crippen LogP contribution in [0.5, 0.6) is 5.88 Å². The molecular formula is C7H7BrN2O. The summed E-state index contributed by atoms with van der Waals surface area (Å²) in [5.41, 5.74) is 6.71. The van der Waals surface area contributed by atoms with E-state index in [-0.39, 0.29) is 6.04 Å². The Morgan fingerprint density at radius 2 is 2.55 bits per heavy atom. The average Bonchev–Trinajstić information content (AvgIpc) is 2.33. The molecule has 1 aliphatic heterocycles. The van der Waals surface area contributed by atoms with Gasteiger partial charge in [-0.05, 0) is 22.0 Å². The lowest BCUT2D eigenvalue weighted by Crippen LogP contribution is -2.10. The number of rotatable bonds is 0. The van der Waals surface area contributed by atoms with E-state index < -0.39 is 0 Å². The fraction of sp³-hybridized carbons (Fsp3) is 0.286. The van der Waals surface area contributed by atoms with Crippen LogP contribution in [0.1, 0.15) is 11.6 Å². The topological polar surface area (TPSA) is 48.1 Å². The summed E-state index contributed by atoms with van der Waals surface area (Å²) in [6.07, 6.45) is 1.71. The molecule has 58 valence electrons. The Balaban J connectivity index is 2.52. The van der Waals surface area contributed by atoms with Gasteiger partial charge in [0, 0.05) is 16.2 Å². The SMILES string of the molecule is N[C@@H]1COc2ncc(Br)cc21. The van der Waals surface area contributed by atoms with E-state index in [0.717, 1.165) is 10.0 Å². The lowest BCUT2D eigenvalue weighted by molar-refractivity contribution is 0.323. The van der Waals surface area contributed by atoms with E-state index in [1.54, 1.807) is 6.20 Å². The second-order valence-corrected chi connectivity index (χ2v) is 3.38. The van der Waals surface area contributed by atoms with Crippen LogP contribution in [0.3, 0.4) is 0 Å². The van der Waals surface area contributed by atoms with Crippen molar-refractivity contribution < 1.29 is 4.74 Å². The highest BCUT2D eigenvalue weighted by molar-refractivity contribution is 9.10. The van der Waals surface area contributed by atoms with E-state index in [2.05, 4.69) is 20.9 Å². The number of nitrogens with zero attached hydrogens (tertiary/aromatic N) is 1. The Hall–Kier alpha value is -0.610. The maximum atomic E-state index is 5.73. The number of hydrogen-bond donors (Lipinski definition) is 1. The molecule has 2 heterocycles. The fourth-order valence-corrected chi connectivity index (χ4v) is 1.44. The van der Waals surface area contributed by atoms with Gasteiger partial charge in [-0.1, -0.05) is 0 Å². The molecule has 1 aromatic rings. The first kappa shape index (κ1) is 7.06. The van der Waals surface area contributed by atoms with Crippen molar-refractivity contribution in [3.05, 3.63) is 22.3 Å². The monoisotopic (exact) mass is 214 g/mol. The molecule has 0 unspecified atom stereocenters. The molecule has 0 radical (unpaired) electrons. The molecule has 0 aliphatic carbocycles. The van der Waals surface area contributed by atoms with Gasteiger partial charge in [0.05, 0.1) is 6.04 Å². The Morgan fingerprint density at radius 1 is 1.73 bits per heavy atom. The quantitative estimate of drug-likeness (QED) is 0.708. The molecule has 1 atom stereocenters. The third kappa shape index (κ3) is 1.12. The third-order valence-corrected chi connectivity index (χ3v) is 2.08. The number of pyridine rings is 1. The lowest BCUT2D eigenvalue weighted by Gasteiger charge is -1.98. The Labute approximate surface area is 72.7 Å². The molecule has 0 bridgehead atoms. The molecule has 1 aliphatic rings. The molecule has 0 saturated carbocycles. The standard InChI is InChI=1S/C7H7BrN2O/c8-4-1-5-6(9)3-11-7(5)10-2-4/h1-2,6H,3,9H2/t6-/m1/s1. The molecule has 0 fully saturated rings. The highest BCUT2D eigenvalue weighted by atomic mass is 79.9. The van der Waals surface area contributed by atoms with Crippen molar-refractivity contribution in [1.29, 1.82) is 0 Å². The van der Waals surface area contributed by atoms with E-state index in [1.807, 2.05) is 6.07 Å². The summed E-state index contributed by atoms with van der Waals surface area (Å²) in [6, 6.07) is 1.93. The zero-order valence-electron chi connectivity index (χ0n) is 5.75. The molecule has 0 spiro atoms. The van der Waals surface area contributed by atoms with Gasteiger partial charge in [-0.2, -0.15) is 0 Å². The summed E-state index contributed by atoms with van der Waals surface area (Å²) in [5.74, 6) is 0.667. The molecule has 11 heavy (non-hydrogen) atoms. The highest BCUT2D eigenvalue weighted by Crippen LogP contribution is 2.30.